The molecule has 1 heterocycles. The molecule has 5 heteroatoms. The molecule has 0 radical (unpaired) electrons. The largest absolute Gasteiger partial charge is 0.372 e. The maximum atomic E-state index is 14.2. The predicted molar refractivity (Wildman–Crippen MR) is 117 cm³/mol. The highest BCUT2D eigenvalue weighted by Gasteiger charge is 2.42. The molecule has 29 heavy (non-hydrogen) atoms. The first-order chi connectivity index (χ1) is 13.7. The van der Waals surface area contributed by atoms with Gasteiger partial charge in [0.05, 0.1) is 6.04 Å². The van der Waals surface area contributed by atoms with Crippen molar-refractivity contribution in [1.29, 1.82) is 0 Å². The molecule has 164 valence electrons. The molecule has 1 aromatic rings. The number of benzene rings is 1. The quantitative estimate of drug-likeness (QED) is 0.736. The standard InChI is InChI=1S/C24H37FN2O2.H2/c1-5-29-17-22(28)26-21-8-9-24(20-16-18(25)6-7-19(20)21)11-14-27(15-12-24)13-10-23(2,3)4;/h6-7,16,21H,5,8-15,17H2,1-4H3,(H,26,28);1H/t21-;/m0./s1. The second-order valence-corrected chi connectivity index (χ2v) is 9.96. The molecule has 3 rings (SSSR count). The number of hydrogen-bond acceptors (Lipinski definition) is 3. The smallest absolute Gasteiger partial charge is 0.246 e. The minimum absolute atomic E-state index is 0. The first-order valence-corrected chi connectivity index (χ1v) is 11.1. The Morgan fingerprint density at radius 1 is 1.31 bits per heavy atom. The highest BCUT2D eigenvalue weighted by Crippen LogP contribution is 2.48. The third-order valence-electron chi connectivity index (χ3n) is 6.64. The molecule has 0 bridgehead atoms. The summed E-state index contributed by atoms with van der Waals surface area (Å²) in [4.78, 5) is 14.8. The van der Waals surface area contributed by atoms with Gasteiger partial charge in [0.2, 0.25) is 5.91 Å². The van der Waals surface area contributed by atoms with Gasteiger partial charge in [0.15, 0.2) is 0 Å². The Hall–Kier alpha value is -1.46. The Morgan fingerprint density at radius 2 is 2.03 bits per heavy atom. The molecule has 0 unspecified atom stereocenters. The Bertz CT molecular complexity index is 712. The fourth-order valence-electron chi connectivity index (χ4n) is 4.80. The van der Waals surface area contributed by atoms with E-state index >= 15 is 0 Å². The lowest BCUT2D eigenvalue weighted by atomic mass is 9.63. The van der Waals surface area contributed by atoms with E-state index in [-0.39, 0.29) is 31.2 Å². The van der Waals surface area contributed by atoms with Crippen LogP contribution in [0, 0.1) is 11.2 Å². The number of carbonyl (C=O) groups excluding carboxylic acids is 1. The molecule has 1 N–H and O–H groups in total. The first kappa shape index (κ1) is 22.2. The first-order valence-electron chi connectivity index (χ1n) is 11.1. The molecule has 1 amide bonds. The van der Waals surface area contributed by atoms with Crippen LogP contribution in [0.5, 0.6) is 0 Å². The molecule has 1 aromatic carbocycles. The summed E-state index contributed by atoms with van der Waals surface area (Å²) in [5.41, 5.74) is 2.59. The molecule has 4 nitrogen and oxygen atoms in total. The van der Waals surface area contributed by atoms with Crippen molar-refractivity contribution < 1.29 is 15.3 Å². The number of rotatable bonds is 6. The summed E-state index contributed by atoms with van der Waals surface area (Å²) < 4.78 is 19.4. The fraction of sp³-hybridized carbons (Fsp3) is 0.708. The van der Waals surface area contributed by atoms with Crippen LogP contribution in [0.2, 0.25) is 0 Å². The number of nitrogens with zero attached hydrogens (tertiary/aromatic N) is 1. The molecule has 0 aromatic heterocycles. The van der Waals surface area contributed by atoms with Gasteiger partial charge < -0.3 is 15.0 Å². The van der Waals surface area contributed by atoms with Gasteiger partial charge >= 0.3 is 0 Å². The SMILES string of the molecule is CCOCC(=O)N[C@H]1CCC2(CCN(CCC(C)(C)C)CC2)c2cc(F)ccc21.[HH]. The number of halogens is 1. The van der Waals surface area contributed by atoms with Crippen molar-refractivity contribution in [2.45, 2.75) is 71.3 Å². The van der Waals surface area contributed by atoms with Gasteiger partial charge in [0.25, 0.3) is 0 Å². The van der Waals surface area contributed by atoms with Gasteiger partial charge in [0.1, 0.15) is 12.4 Å². The van der Waals surface area contributed by atoms with Crippen LogP contribution in [0.3, 0.4) is 0 Å². The topological polar surface area (TPSA) is 41.6 Å². The van der Waals surface area contributed by atoms with Crippen molar-refractivity contribution in [1.82, 2.24) is 10.2 Å². The summed E-state index contributed by atoms with van der Waals surface area (Å²) in [6.45, 7) is 12.6. The third kappa shape index (κ3) is 5.58. The number of piperidine rings is 1. The number of carbonyl (C=O) groups is 1. The lowest BCUT2D eigenvalue weighted by molar-refractivity contribution is -0.126. The Morgan fingerprint density at radius 3 is 2.69 bits per heavy atom. The van der Waals surface area contributed by atoms with Gasteiger partial charge in [-0.3, -0.25) is 4.79 Å². The maximum absolute atomic E-state index is 14.2. The summed E-state index contributed by atoms with van der Waals surface area (Å²) in [5.74, 6) is -0.278. The van der Waals surface area contributed by atoms with E-state index in [4.69, 9.17) is 4.74 Å². The number of fused-ring (bicyclic) bond motifs is 2. The second kappa shape index (κ2) is 9.13. The zero-order valence-corrected chi connectivity index (χ0v) is 18.5. The Labute approximate surface area is 176 Å². The van der Waals surface area contributed by atoms with Gasteiger partial charge in [-0.15, -0.1) is 0 Å². The van der Waals surface area contributed by atoms with Gasteiger partial charge in [-0.25, -0.2) is 4.39 Å². The maximum Gasteiger partial charge on any atom is 0.246 e. The van der Waals surface area contributed by atoms with E-state index in [0.29, 0.717) is 12.0 Å². The van der Waals surface area contributed by atoms with E-state index in [1.165, 1.54) is 12.5 Å². The van der Waals surface area contributed by atoms with Gasteiger partial charge in [0, 0.05) is 8.03 Å². The van der Waals surface area contributed by atoms with Crippen molar-refractivity contribution in [3.05, 3.63) is 35.1 Å². The average Bonchev–Trinajstić information content (AvgIpc) is 2.68. The highest BCUT2D eigenvalue weighted by molar-refractivity contribution is 5.77. The average molecular weight is 407 g/mol. The van der Waals surface area contributed by atoms with Crippen LogP contribution >= 0.6 is 0 Å². The lowest BCUT2D eigenvalue weighted by Crippen LogP contribution is -2.47. The van der Waals surface area contributed by atoms with Crippen LogP contribution in [-0.4, -0.2) is 43.7 Å². The molecule has 1 atom stereocenters. The second-order valence-electron chi connectivity index (χ2n) is 9.96. The molecule has 1 spiro atoms. The number of likely N-dealkylation sites (tertiary alicyclic amines) is 1. The normalized spacial score (nSPS) is 21.8. The number of hydrogen-bond donors (Lipinski definition) is 1. The Kier molecular flexibility index (Phi) is 7.00. The zero-order valence-electron chi connectivity index (χ0n) is 18.5. The van der Waals surface area contributed by atoms with Crippen molar-refractivity contribution >= 4 is 5.91 Å². The van der Waals surface area contributed by atoms with Crippen LogP contribution in [-0.2, 0) is 14.9 Å². The van der Waals surface area contributed by atoms with Crippen molar-refractivity contribution in [3.8, 4) is 0 Å². The summed E-state index contributed by atoms with van der Waals surface area (Å²) in [6, 6.07) is 5.07. The van der Waals surface area contributed by atoms with Crippen molar-refractivity contribution in [2.75, 3.05) is 32.8 Å². The molecule has 1 aliphatic carbocycles. The van der Waals surface area contributed by atoms with Gasteiger partial charge in [-0.2, -0.15) is 0 Å². The van der Waals surface area contributed by atoms with E-state index in [9.17, 15) is 9.18 Å². The Balaban J connectivity index is 0.00000320. The van der Waals surface area contributed by atoms with E-state index in [1.807, 2.05) is 13.0 Å². The molecular weight excluding hydrogens is 367 g/mol. The molecule has 2 aliphatic rings. The summed E-state index contributed by atoms with van der Waals surface area (Å²) in [5, 5.41) is 3.10. The van der Waals surface area contributed by atoms with E-state index in [2.05, 4.69) is 31.0 Å². The molecular formula is C24H39FN2O2. The molecule has 1 saturated heterocycles. The summed E-state index contributed by atoms with van der Waals surface area (Å²) in [6.07, 6.45) is 5.22. The number of nitrogens with one attached hydrogen (secondary N) is 1. The summed E-state index contributed by atoms with van der Waals surface area (Å²) in [7, 11) is 0. The van der Waals surface area contributed by atoms with Crippen molar-refractivity contribution in [2.24, 2.45) is 5.41 Å². The molecule has 1 aliphatic heterocycles. The predicted octanol–water partition coefficient (Wildman–Crippen LogP) is 4.83. The van der Waals surface area contributed by atoms with Crippen LogP contribution < -0.4 is 5.32 Å². The van der Waals surface area contributed by atoms with Crippen LogP contribution in [0.15, 0.2) is 18.2 Å². The monoisotopic (exact) mass is 406 g/mol. The van der Waals surface area contributed by atoms with E-state index in [0.717, 1.165) is 56.4 Å². The van der Waals surface area contributed by atoms with E-state index < -0.39 is 0 Å². The van der Waals surface area contributed by atoms with E-state index in [1.54, 1.807) is 6.07 Å². The van der Waals surface area contributed by atoms with Crippen LogP contribution in [0.4, 0.5) is 4.39 Å². The minimum Gasteiger partial charge on any atom is -0.372 e. The van der Waals surface area contributed by atoms with Crippen LogP contribution in [0.25, 0.3) is 0 Å². The van der Waals surface area contributed by atoms with Crippen molar-refractivity contribution in [3.63, 3.8) is 0 Å². The molecule has 1 fully saturated rings. The van der Waals surface area contributed by atoms with Gasteiger partial charge in [-0.05, 0) is 92.8 Å². The fourth-order valence-corrected chi connectivity index (χ4v) is 4.80. The summed E-state index contributed by atoms with van der Waals surface area (Å²) >= 11 is 0. The third-order valence-corrected chi connectivity index (χ3v) is 6.64. The number of amides is 1. The lowest BCUT2D eigenvalue weighted by Gasteiger charge is -2.47. The highest BCUT2D eigenvalue weighted by atomic mass is 19.1. The minimum atomic E-state index is -0.181. The molecule has 0 saturated carbocycles. The zero-order chi connectivity index (χ0) is 21.1. The number of ether oxygens (including phenoxy) is 1. The van der Waals surface area contributed by atoms with Crippen LogP contribution in [0.1, 0.15) is 78.4 Å². The van der Waals surface area contributed by atoms with Gasteiger partial charge in [-0.1, -0.05) is 26.8 Å².